The van der Waals surface area contributed by atoms with Crippen LogP contribution in [0.15, 0.2) is 40.3 Å². The van der Waals surface area contributed by atoms with Crippen LogP contribution in [0.5, 0.6) is 0 Å². The molecule has 1 fully saturated rings. The van der Waals surface area contributed by atoms with E-state index in [9.17, 15) is 4.39 Å². The van der Waals surface area contributed by atoms with Crippen LogP contribution >= 0.6 is 11.8 Å². The molecular formula is C15H18FN5S. The van der Waals surface area contributed by atoms with Crippen molar-refractivity contribution in [1.82, 2.24) is 9.97 Å². The summed E-state index contributed by atoms with van der Waals surface area (Å²) in [5.74, 6) is 0.666. The predicted octanol–water partition coefficient (Wildman–Crippen LogP) is 2.64. The van der Waals surface area contributed by atoms with Crippen molar-refractivity contribution < 1.29 is 4.39 Å². The van der Waals surface area contributed by atoms with Crippen molar-refractivity contribution in [3.05, 3.63) is 36.1 Å². The van der Waals surface area contributed by atoms with Crippen molar-refractivity contribution in [2.75, 3.05) is 11.1 Å². The average molecular weight is 319 g/mol. The molecule has 1 heterocycles. The molecule has 2 atom stereocenters. The molecule has 0 unspecified atom stereocenters. The van der Waals surface area contributed by atoms with E-state index in [1.807, 2.05) is 6.07 Å². The van der Waals surface area contributed by atoms with Crippen LogP contribution in [0.1, 0.15) is 19.3 Å². The van der Waals surface area contributed by atoms with E-state index in [0.717, 1.165) is 29.2 Å². The van der Waals surface area contributed by atoms with Gasteiger partial charge in [-0.25, -0.2) is 9.37 Å². The Morgan fingerprint density at radius 1 is 1.18 bits per heavy atom. The van der Waals surface area contributed by atoms with Crippen molar-refractivity contribution in [1.29, 1.82) is 0 Å². The first-order valence-corrected chi connectivity index (χ1v) is 8.00. The molecule has 0 amide bonds. The summed E-state index contributed by atoms with van der Waals surface area (Å²) in [6.45, 7) is 0. The highest BCUT2D eigenvalue weighted by molar-refractivity contribution is 7.99. The van der Waals surface area contributed by atoms with Crippen LogP contribution in [0.4, 0.5) is 16.2 Å². The normalized spacial score (nSPS) is 21.0. The number of hydrogen-bond donors (Lipinski definition) is 3. The van der Waals surface area contributed by atoms with Gasteiger partial charge >= 0.3 is 0 Å². The van der Waals surface area contributed by atoms with E-state index in [0.29, 0.717) is 11.9 Å². The van der Waals surface area contributed by atoms with Crippen LogP contribution in [0.25, 0.3) is 0 Å². The first-order valence-electron chi connectivity index (χ1n) is 7.18. The van der Waals surface area contributed by atoms with Gasteiger partial charge in [-0.15, -0.1) is 0 Å². The molecule has 7 heteroatoms. The second-order valence-electron chi connectivity index (χ2n) is 5.42. The fourth-order valence-electron chi connectivity index (χ4n) is 2.55. The van der Waals surface area contributed by atoms with E-state index in [4.69, 9.17) is 11.5 Å². The zero-order valence-electron chi connectivity index (χ0n) is 12.0. The van der Waals surface area contributed by atoms with E-state index < -0.39 is 0 Å². The molecule has 1 aliphatic carbocycles. The van der Waals surface area contributed by atoms with E-state index in [2.05, 4.69) is 15.3 Å². The molecule has 0 spiro atoms. The minimum absolute atomic E-state index is 0.219. The van der Waals surface area contributed by atoms with Crippen molar-refractivity contribution in [2.45, 2.75) is 41.3 Å². The maximum Gasteiger partial charge on any atom is 0.223 e. The largest absolute Gasteiger partial charge is 0.368 e. The number of anilines is 2. The van der Waals surface area contributed by atoms with Crippen molar-refractivity contribution in [3.8, 4) is 0 Å². The molecule has 22 heavy (non-hydrogen) atoms. The Balaban J connectivity index is 1.73. The fourth-order valence-corrected chi connectivity index (χ4v) is 3.37. The van der Waals surface area contributed by atoms with Gasteiger partial charge in [-0.05, 0) is 43.5 Å². The third-order valence-electron chi connectivity index (χ3n) is 3.58. The molecule has 1 aromatic carbocycles. The third-order valence-corrected chi connectivity index (χ3v) is 4.51. The van der Waals surface area contributed by atoms with Gasteiger partial charge in [0.1, 0.15) is 16.7 Å². The number of nitrogen functional groups attached to an aromatic ring is 1. The number of benzene rings is 1. The van der Waals surface area contributed by atoms with Gasteiger partial charge in [-0.3, -0.25) is 0 Å². The summed E-state index contributed by atoms with van der Waals surface area (Å²) in [7, 11) is 0. The second kappa shape index (κ2) is 6.50. The number of halogens is 1. The van der Waals surface area contributed by atoms with Crippen LogP contribution in [-0.2, 0) is 0 Å². The van der Waals surface area contributed by atoms with Gasteiger partial charge in [-0.1, -0.05) is 11.8 Å². The number of hydrogen-bond acceptors (Lipinski definition) is 6. The second-order valence-corrected chi connectivity index (χ2v) is 6.51. The molecule has 5 nitrogen and oxygen atoms in total. The summed E-state index contributed by atoms with van der Waals surface area (Å²) in [5.41, 5.74) is 11.7. The summed E-state index contributed by atoms with van der Waals surface area (Å²) < 4.78 is 12.9. The topological polar surface area (TPSA) is 89.8 Å². The molecule has 0 bridgehead atoms. The highest BCUT2D eigenvalue weighted by Gasteiger charge is 2.22. The van der Waals surface area contributed by atoms with Gasteiger partial charge in [0.25, 0.3) is 0 Å². The van der Waals surface area contributed by atoms with Gasteiger partial charge in [-0.2, -0.15) is 4.98 Å². The van der Waals surface area contributed by atoms with Crippen LogP contribution in [0.2, 0.25) is 0 Å². The molecule has 3 rings (SSSR count). The highest BCUT2D eigenvalue weighted by atomic mass is 32.2. The first-order chi connectivity index (χ1) is 10.6. The van der Waals surface area contributed by atoms with Gasteiger partial charge in [0.05, 0.1) is 0 Å². The number of nitrogens with two attached hydrogens (primary N) is 2. The molecule has 0 radical (unpaired) electrons. The van der Waals surface area contributed by atoms with E-state index >= 15 is 0 Å². The third kappa shape index (κ3) is 3.86. The van der Waals surface area contributed by atoms with Crippen LogP contribution in [-0.4, -0.2) is 22.1 Å². The monoisotopic (exact) mass is 319 g/mol. The zero-order chi connectivity index (χ0) is 15.5. The molecule has 5 N–H and O–H groups in total. The average Bonchev–Trinajstić information content (AvgIpc) is 2.86. The van der Waals surface area contributed by atoms with E-state index in [1.54, 1.807) is 12.1 Å². The summed E-state index contributed by atoms with van der Waals surface area (Å²) in [6, 6.07) is 8.70. The summed E-state index contributed by atoms with van der Waals surface area (Å²) in [4.78, 5) is 9.33. The Hall–Kier alpha value is -1.86. The van der Waals surface area contributed by atoms with Gasteiger partial charge in [0.15, 0.2) is 0 Å². The number of nitrogens with zero attached hydrogens (tertiary/aromatic N) is 2. The Labute approximate surface area is 132 Å². The van der Waals surface area contributed by atoms with Crippen molar-refractivity contribution >= 4 is 23.5 Å². The lowest BCUT2D eigenvalue weighted by molar-refractivity contribution is 0.626. The highest BCUT2D eigenvalue weighted by Crippen LogP contribution is 2.29. The lowest BCUT2D eigenvalue weighted by Gasteiger charge is -2.14. The fraction of sp³-hybridized carbons (Fsp3) is 0.333. The van der Waals surface area contributed by atoms with Gasteiger partial charge in [0.2, 0.25) is 5.95 Å². The maximum atomic E-state index is 12.9. The summed E-state index contributed by atoms with van der Waals surface area (Å²) in [6.07, 6.45) is 2.99. The molecule has 0 saturated heterocycles. The van der Waals surface area contributed by atoms with Gasteiger partial charge in [0, 0.05) is 23.0 Å². The van der Waals surface area contributed by atoms with E-state index in [-0.39, 0.29) is 17.8 Å². The smallest absolute Gasteiger partial charge is 0.223 e. The van der Waals surface area contributed by atoms with Crippen LogP contribution in [0, 0.1) is 5.82 Å². The summed E-state index contributed by atoms with van der Waals surface area (Å²) in [5, 5.41) is 4.09. The molecule has 1 saturated carbocycles. The van der Waals surface area contributed by atoms with E-state index in [1.165, 1.54) is 23.9 Å². The number of rotatable bonds is 4. The Kier molecular flexibility index (Phi) is 4.44. The Morgan fingerprint density at radius 3 is 2.64 bits per heavy atom. The molecule has 1 aliphatic rings. The molecule has 116 valence electrons. The number of aromatic nitrogens is 2. The molecule has 2 aromatic rings. The Morgan fingerprint density at radius 2 is 1.95 bits per heavy atom. The lowest BCUT2D eigenvalue weighted by atomic mass is 10.2. The molecule has 0 aliphatic heterocycles. The first kappa shape index (κ1) is 15.1. The minimum Gasteiger partial charge on any atom is -0.368 e. The van der Waals surface area contributed by atoms with Crippen molar-refractivity contribution in [3.63, 3.8) is 0 Å². The van der Waals surface area contributed by atoms with Gasteiger partial charge < -0.3 is 16.8 Å². The zero-order valence-corrected chi connectivity index (χ0v) is 12.8. The predicted molar refractivity (Wildman–Crippen MR) is 86.2 cm³/mol. The number of nitrogens with one attached hydrogen (secondary N) is 1. The van der Waals surface area contributed by atoms with Crippen LogP contribution < -0.4 is 16.8 Å². The quantitative estimate of drug-likeness (QED) is 0.751. The molecular weight excluding hydrogens is 301 g/mol. The Bertz CT molecular complexity index is 649. The standard InChI is InChI=1S/C15H18FN5S/c16-9-1-5-12(6-2-9)22-14-8-13(20-15(18)21-14)19-11-4-3-10(17)7-11/h1-2,5-6,8,10-11H,3-4,7,17H2,(H3,18,19,20,21)/t10-,11-/m1/s1. The SMILES string of the molecule is Nc1nc(N[C@@H]2CC[C@@H](N)C2)cc(Sc2ccc(F)cc2)n1. The van der Waals surface area contributed by atoms with Crippen LogP contribution in [0.3, 0.4) is 0 Å². The van der Waals surface area contributed by atoms with Crippen molar-refractivity contribution in [2.24, 2.45) is 5.73 Å². The summed E-state index contributed by atoms with van der Waals surface area (Å²) >= 11 is 1.42. The maximum absolute atomic E-state index is 12.9. The molecule has 1 aromatic heterocycles. The lowest BCUT2D eigenvalue weighted by Crippen LogP contribution is -2.21. The minimum atomic E-state index is -0.258.